The fraction of sp³-hybridized carbons (Fsp3) is 0.385. The van der Waals surface area contributed by atoms with Crippen molar-refractivity contribution < 1.29 is 0 Å². The molecule has 0 saturated heterocycles. The zero-order valence-electron chi connectivity index (χ0n) is 10.6. The number of aromatic nitrogens is 2. The average molecular weight is 279 g/mol. The molecule has 0 aliphatic rings. The van der Waals surface area contributed by atoms with E-state index in [0.29, 0.717) is 6.04 Å². The molecule has 96 valence electrons. The van der Waals surface area contributed by atoms with Gasteiger partial charge < -0.3 is 5.32 Å². The molecule has 2 rings (SSSR count). The van der Waals surface area contributed by atoms with Gasteiger partial charge in [0.05, 0.1) is 0 Å². The van der Waals surface area contributed by atoms with Crippen molar-refractivity contribution >= 4 is 23.1 Å². The zero-order valence-corrected chi connectivity index (χ0v) is 12.2. The summed E-state index contributed by atoms with van der Waals surface area (Å²) in [6.45, 7) is 5.40. The summed E-state index contributed by atoms with van der Waals surface area (Å²) in [7, 11) is 0. The summed E-state index contributed by atoms with van der Waals surface area (Å²) in [6.07, 6.45) is 4.84. The number of hydrogen-bond acceptors (Lipinski definition) is 5. The monoisotopic (exact) mass is 279 g/mol. The van der Waals surface area contributed by atoms with Crippen molar-refractivity contribution in [3.8, 4) is 0 Å². The second-order valence-corrected chi connectivity index (χ2v) is 6.17. The van der Waals surface area contributed by atoms with Gasteiger partial charge in [0.2, 0.25) is 0 Å². The topological polar surface area (TPSA) is 37.8 Å². The van der Waals surface area contributed by atoms with Crippen LogP contribution in [0.4, 0.5) is 0 Å². The number of hydrogen-bond donors (Lipinski definition) is 1. The number of nitrogens with one attached hydrogen (secondary N) is 1. The Hall–Kier alpha value is -0.910. The van der Waals surface area contributed by atoms with Gasteiger partial charge in [0.25, 0.3) is 0 Å². The Labute approximate surface area is 116 Å². The molecular weight excluding hydrogens is 262 g/mol. The van der Waals surface area contributed by atoms with Crippen molar-refractivity contribution in [2.45, 2.75) is 35.7 Å². The highest BCUT2D eigenvalue weighted by molar-refractivity contribution is 8.00. The van der Waals surface area contributed by atoms with Gasteiger partial charge in [-0.15, -0.1) is 11.3 Å². The molecule has 2 aromatic rings. The molecule has 2 aromatic heterocycles. The average Bonchev–Trinajstić information content (AvgIpc) is 2.89. The van der Waals surface area contributed by atoms with Gasteiger partial charge in [0.1, 0.15) is 5.03 Å². The normalized spacial score (nSPS) is 12.6. The quantitative estimate of drug-likeness (QED) is 0.874. The lowest BCUT2D eigenvalue weighted by Gasteiger charge is -2.13. The SMILES string of the molecule is CCCNC(C)c1ccnc(Sc2nccs2)c1. The number of rotatable bonds is 6. The molecule has 2 heterocycles. The third-order valence-electron chi connectivity index (χ3n) is 2.56. The molecule has 1 atom stereocenters. The van der Waals surface area contributed by atoms with E-state index < -0.39 is 0 Å². The van der Waals surface area contributed by atoms with E-state index in [0.717, 1.165) is 22.3 Å². The summed E-state index contributed by atoms with van der Waals surface area (Å²) >= 11 is 3.26. The number of thiazole rings is 1. The molecule has 1 unspecified atom stereocenters. The number of nitrogens with zero attached hydrogens (tertiary/aromatic N) is 2. The minimum Gasteiger partial charge on any atom is -0.310 e. The van der Waals surface area contributed by atoms with Gasteiger partial charge in [-0.25, -0.2) is 9.97 Å². The lowest BCUT2D eigenvalue weighted by atomic mass is 10.1. The first-order chi connectivity index (χ1) is 8.79. The van der Waals surface area contributed by atoms with Crippen LogP contribution in [0.1, 0.15) is 31.9 Å². The van der Waals surface area contributed by atoms with E-state index in [9.17, 15) is 0 Å². The van der Waals surface area contributed by atoms with Crippen LogP contribution in [0.2, 0.25) is 0 Å². The van der Waals surface area contributed by atoms with Gasteiger partial charge in [-0.1, -0.05) is 6.92 Å². The Morgan fingerprint density at radius 3 is 3.00 bits per heavy atom. The lowest BCUT2D eigenvalue weighted by Crippen LogP contribution is -2.19. The summed E-state index contributed by atoms with van der Waals surface area (Å²) in [5.41, 5.74) is 1.28. The summed E-state index contributed by atoms with van der Waals surface area (Å²) in [4.78, 5) is 8.64. The Morgan fingerprint density at radius 2 is 2.28 bits per heavy atom. The molecule has 3 nitrogen and oxygen atoms in total. The summed E-state index contributed by atoms with van der Waals surface area (Å²) in [6, 6.07) is 4.57. The third kappa shape index (κ3) is 3.80. The standard InChI is InChI=1S/C13H17N3S2/c1-3-5-14-10(2)11-4-6-15-12(9-11)18-13-16-7-8-17-13/h4,6-10,14H,3,5H2,1-2H3. The van der Waals surface area contributed by atoms with Crippen LogP contribution in [0.3, 0.4) is 0 Å². The molecule has 0 amide bonds. The van der Waals surface area contributed by atoms with Crippen molar-refractivity contribution in [3.05, 3.63) is 35.5 Å². The van der Waals surface area contributed by atoms with Gasteiger partial charge >= 0.3 is 0 Å². The highest BCUT2D eigenvalue weighted by Gasteiger charge is 2.07. The Bertz CT molecular complexity index is 471. The third-order valence-corrected chi connectivity index (χ3v) is 4.38. The first-order valence-corrected chi connectivity index (χ1v) is 7.76. The van der Waals surface area contributed by atoms with Crippen molar-refractivity contribution in [1.29, 1.82) is 0 Å². The highest BCUT2D eigenvalue weighted by atomic mass is 32.2. The molecule has 0 aliphatic heterocycles. The van der Waals surface area contributed by atoms with Crippen LogP contribution in [-0.4, -0.2) is 16.5 Å². The van der Waals surface area contributed by atoms with Crippen molar-refractivity contribution in [2.24, 2.45) is 0 Å². The van der Waals surface area contributed by atoms with Gasteiger partial charge in [-0.3, -0.25) is 0 Å². The lowest BCUT2D eigenvalue weighted by molar-refractivity contribution is 0.569. The second-order valence-electron chi connectivity index (χ2n) is 4.00. The fourth-order valence-electron chi connectivity index (χ4n) is 1.58. The Balaban J connectivity index is 2.05. The van der Waals surface area contributed by atoms with Crippen LogP contribution in [0.25, 0.3) is 0 Å². The van der Waals surface area contributed by atoms with Crippen LogP contribution in [0, 0.1) is 0 Å². The highest BCUT2D eigenvalue weighted by Crippen LogP contribution is 2.28. The molecule has 5 heteroatoms. The maximum Gasteiger partial charge on any atom is 0.156 e. The molecule has 0 aromatic carbocycles. The van der Waals surface area contributed by atoms with Crippen LogP contribution in [0.5, 0.6) is 0 Å². The molecule has 0 radical (unpaired) electrons. The van der Waals surface area contributed by atoms with Crippen LogP contribution in [-0.2, 0) is 0 Å². The molecule has 0 bridgehead atoms. The maximum atomic E-state index is 4.38. The van der Waals surface area contributed by atoms with Gasteiger partial charge in [0.15, 0.2) is 4.34 Å². The number of pyridine rings is 1. The van der Waals surface area contributed by atoms with Crippen LogP contribution < -0.4 is 5.32 Å². The summed E-state index contributed by atoms with van der Waals surface area (Å²) < 4.78 is 1.04. The van der Waals surface area contributed by atoms with Gasteiger partial charge in [-0.2, -0.15) is 0 Å². The molecule has 1 N–H and O–H groups in total. The Morgan fingerprint density at radius 1 is 1.39 bits per heavy atom. The van der Waals surface area contributed by atoms with Crippen LogP contribution in [0.15, 0.2) is 39.3 Å². The second kappa shape index (κ2) is 6.87. The molecule has 0 spiro atoms. The summed E-state index contributed by atoms with van der Waals surface area (Å²) in [5, 5.41) is 6.48. The molecule has 0 aliphatic carbocycles. The predicted molar refractivity (Wildman–Crippen MR) is 77.2 cm³/mol. The van der Waals surface area contributed by atoms with Crippen LogP contribution >= 0.6 is 23.1 Å². The molecule has 0 saturated carbocycles. The largest absolute Gasteiger partial charge is 0.310 e. The molecular formula is C13H17N3S2. The van der Waals surface area contributed by atoms with Crippen molar-refractivity contribution in [3.63, 3.8) is 0 Å². The summed E-state index contributed by atoms with van der Waals surface area (Å²) in [5.74, 6) is 0. The van der Waals surface area contributed by atoms with Crippen molar-refractivity contribution in [1.82, 2.24) is 15.3 Å². The van der Waals surface area contributed by atoms with E-state index in [-0.39, 0.29) is 0 Å². The zero-order chi connectivity index (χ0) is 12.8. The first-order valence-electron chi connectivity index (χ1n) is 6.06. The smallest absolute Gasteiger partial charge is 0.156 e. The van der Waals surface area contributed by atoms with E-state index in [1.165, 1.54) is 5.56 Å². The fourth-order valence-corrected chi connectivity index (χ4v) is 3.15. The minimum absolute atomic E-state index is 0.364. The van der Waals surface area contributed by atoms with Crippen molar-refractivity contribution in [2.75, 3.05) is 6.54 Å². The van der Waals surface area contributed by atoms with E-state index in [1.807, 2.05) is 17.8 Å². The molecule has 18 heavy (non-hydrogen) atoms. The predicted octanol–water partition coefficient (Wildman–Crippen LogP) is 3.75. The van der Waals surface area contributed by atoms with E-state index in [1.54, 1.807) is 23.1 Å². The Kier molecular flexibility index (Phi) is 5.16. The van der Waals surface area contributed by atoms with E-state index in [4.69, 9.17) is 0 Å². The molecule has 0 fully saturated rings. The van der Waals surface area contributed by atoms with E-state index >= 15 is 0 Å². The van der Waals surface area contributed by atoms with Gasteiger partial charge in [-0.05, 0) is 49.3 Å². The maximum absolute atomic E-state index is 4.38. The van der Waals surface area contributed by atoms with Gasteiger partial charge in [0, 0.05) is 23.8 Å². The minimum atomic E-state index is 0.364. The first kappa shape index (κ1) is 13.5. The van der Waals surface area contributed by atoms with E-state index in [2.05, 4.69) is 41.3 Å².